The number of hydrogen-bond donors (Lipinski definition) is 1. The lowest BCUT2D eigenvalue weighted by atomic mass is 10.0. The Bertz CT molecular complexity index is 372. The monoisotopic (exact) mass is 208 g/mol. The van der Waals surface area contributed by atoms with Gasteiger partial charge in [0.2, 0.25) is 0 Å². The Morgan fingerprint density at radius 2 is 2.00 bits per heavy atom. The molecule has 1 aliphatic heterocycles. The number of nitrogens with one attached hydrogen (secondary N) is 1. The van der Waals surface area contributed by atoms with Crippen LogP contribution in [0, 0.1) is 5.82 Å². The average molecular weight is 208 g/mol. The maximum atomic E-state index is 12.9. The summed E-state index contributed by atoms with van der Waals surface area (Å²) in [5, 5.41) is 3.04. The van der Waals surface area contributed by atoms with Crippen molar-refractivity contribution in [1.29, 1.82) is 0 Å². The maximum Gasteiger partial charge on any atom is 0.125 e. The highest BCUT2D eigenvalue weighted by atomic mass is 19.1. The molecule has 3 heteroatoms. The molecule has 15 heavy (non-hydrogen) atoms. The summed E-state index contributed by atoms with van der Waals surface area (Å²) < 4.78 is 12.9. The minimum absolute atomic E-state index is 0.122. The van der Waals surface area contributed by atoms with Crippen LogP contribution in [-0.4, -0.2) is 5.84 Å². The van der Waals surface area contributed by atoms with Crippen LogP contribution < -0.4 is 5.32 Å². The summed E-state index contributed by atoms with van der Waals surface area (Å²) >= 11 is 0. The van der Waals surface area contributed by atoms with Crippen molar-refractivity contribution in [1.82, 2.24) is 0 Å². The minimum Gasteiger partial charge on any atom is -0.344 e. The first-order valence-corrected chi connectivity index (χ1v) is 5.27. The van der Waals surface area contributed by atoms with Crippen molar-refractivity contribution in [3.63, 3.8) is 0 Å². The van der Waals surface area contributed by atoms with E-state index in [2.05, 4.69) is 10.3 Å². The third-order valence-electron chi connectivity index (χ3n) is 2.17. The molecule has 0 radical (unpaired) electrons. The highest BCUT2D eigenvalue weighted by Gasteiger charge is 2.15. The van der Waals surface area contributed by atoms with Crippen molar-refractivity contribution in [2.24, 2.45) is 4.99 Å². The zero-order valence-electron chi connectivity index (χ0n) is 9.63. The molecule has 0 aliphatic carbocycles. The van der Waals surface area contributed by atoms with Crippen LogP contribution in [0.25, 0.3) is 0 Å². The van der Waals surface area contributed by atoms with Crippen LogP contribution in [0.4, 0.5) is 10.1 Å². The van der Waals surface area contributed by atoms with Gasteiger partial charge in [0, 0.05) is 11.3 Å². The van der Waals surface area contributed by atoms with Crippen molar-refractivity contribution in [2.75, 3.05) is 5.32 Å². The fraction of sp³-hybridized carbons (Fsp3) is 0.417. The number of aliphatic imine (C=N–C) groups is 1. The Kier molecular flexibility index (Phi) is 3.83. The van der Waals surface area contributed by atoms with Crippen LogP contribution in [-0.2, 0) is 0 Å². The Morgan fingerprint density at radius 1 is 1.33 bits per heavy atom. The quantitative estimate of drug-likeness (QED) is 0.689. The van der Waals surface area contributed by atoms with E-state index in [1.54, 1.807) is 6.07 Å². The molecule has 0 saturated carbocycles. The molecular formula is C12H17FN2. The Balaban J connectivity index is 0.000000531. The molecular weight excluding hydrogens is 191 g/mol. The first-order valence-electron chi connectivity index (χ1n) is 5.27. The second-order valence-electron chi connectivity index (χ2n) is 3.25. The van der Waals surface area contributed by atoms with Crippen LogP contribution in [0.2, 0.25) is 0 Å². The lowest BCUT2D eigenvalue weighted by Crippen LogP contribution is -2.16. The van der Waals surface area contributed by atoms with E-state index < -0.39 is 0 Å². The number of nitrogens with zero attached hydrogens (tertiary/aromatic N) is 1. The van der Waals surface area contributed by atoms with Crippen LogP contribution in [0.1, 0.15) is 39.3 Å². The summed E-state index contributed by atoms with van der Waals surface area (Å²) in [6, 6.07) is 4.87. The number of halogens is 1. The van der Waals surface area contributed by atoms with Crippen molar-refractivity contribution in [2.45, 2.75) is 33.7 Å². The molecule has 0 amide bonds. The van der Waals surface area contributed by atoms with E-state index in [4.69, 9.17) is 0 Å². The summed E-state index contributed by atoms with van der Waals surface area (Å²) in [7, 11) is 0. The van der Waals surface area contributed by atoms with E-state index in [1.807, 2.05) is 27.7 Å². The second-order valence-corrected chi connectivity index (χ2v) is 3.25. The highest BCUT2D eigenvalue weighted by Crippen LogP contribution is 2.29. The molecule has 0 fully saturated rings. The minimum atomic E-state index is -0.215. The number of rotatable bonds is 0. The van der Waals surface area contributed by atoms with E-state index in [9.17, 15) is 4.39 Å². The predicted octanol–water partition coefficient (Wildman–Crippen LogP) is 3.76. The van der Waals surface area contributed by atoms with Crippen molar-refractivity contribution in [3.8, 4) is 0 Å². The first-order chi connectivity index (χ1) is 7.16. The zero-order valence-corrected chi connectivity index (χ0v) is 9.63. The number of fused-ring (bicyclic) bond motifs is 1. The van der Waals surface area contributed by atoms with Crippen molar-refractivity contribution < 1.29 is 4.39 Å². The van der Waals surface area contributed by atoms with Gasteiger partial charge in [-0.05, 0) is 26.0 Å². The van der Waals surface area contributed by atoms with Gasteiger partial charge in [-0.15, -0.1) is 0 Å². The van der Waals surface area contributed by atoms with Crippen LogP contribution in [0.3, 0.4) is 0 Å². The van der Waals surface area contributed by atoms with Crippen LogP contribution >= 0.6 is 0 Å². The Morgan fingerprint density at radius 3 is 2.67 bits per heavy atom. The molecule has 2 rings (SSSR count). The van der Waals surface area contributed by atoms with Gasteiger partial charge in [-0.25, -0.2) is 4.39 Å². The zero-order chi connectivity index (χ0) is 11.4. The Labute approximate surface area is 90.2 Å². The van der Waals surface area contributed by atoms with E-state index in [1.165, 1.54) is 12.1 Å². The van der Waals surface area contributed by atoms with E-state index >= 15 is 0 Å². The number of hydrogen-bond acceptors (Lipinski definition) is 2. The standard InChI is InChI=1S/C10H11FN2.C2H6/c1-6-9-4-3-8(11)5-10(9)13-7(2)12-6;1-2/h3-6H,1-2H3,(H,12,13);1-2H3. The lowest BCUT2D eigenvalue weighted by molar-refractivity contribution is 0.626. The lowest BCUT2D eigenvalue weighted by Gasteiger charge is -2.20. The molecule has 1 aliphatic rings. The largest absolute Gasteiger partial charge is 0.344 e. The van der Waals surface area contributed by atoms with Crippen molar-refractivity contribution >= 4 is 11.5 Å². The normalized spacial score (nSPS) is 17.9. The second kappa shape index (κ2) is 4.91. The third-order valence-corrected chi connectivity index (χ3v) is 2.17. The molecule has 1 aromatic rings. The third kappa shape index (κ3) is 2.55. The molecule has 0 bridgehead atoms. The molecule has 2 nitrogen and oxygen atoms in total. The van der Waals surface area contributed by atoms with Gasteiger partial charge in [0.15, 0.2) is 0 Å². The predicted molar refractivity (Wildman–Crippen MR) is 62.9 cm³/mol. The van der Waals surface area contributed by atoms with Gasteiger partial charge in [-0.3, -0.25) is 4.99 Å². The fourth-order valence-corrected chi connectivity index (χ4v) is 1.59. The van der Waals surface area contributed by atoms with Gasteiger partial charge in [-0.1, -0.05) is 19.9 Å². The van der Waals surface area contributed by atoms with Gasteiger partial charge >= 0.3 is 0 Å². The van der Waals surface area contributed by atoms with Crippen molar-refractivity contribution in [3.05, 3.63) is 29.6 Å². The topological polar surface area (TPSA) is 24.4 Å². The first kappa shape index (κ1) is 11.7. The Hall–Kier alpha value is -1.38. The fourth-order valence-electron chi connectivity index (χ4n) is 1.59. The number of benzene rings is 1. The van der Waals surface area contributed by atoms with Gasteiger partial charge in [0.25, 0.3) is 0 Å². The maximum absolute atomic E-state index is 12.9. The number of anilines is 1. The van der Waals surface area contributed by atoms with E-state index in [0.29, 0.717) is 0 Å². The molecule has 0 spiro atoms. The molecule has 1 N–H and O–H groups in total. The smallest absolute Gasteiger partial charge is 0.125 e. The number of amidine groups is 1. The van der Waals surface area contributed by atoms with Gasteiger partial charge in [0.05, 0.1) is 11.9 Å². The van der Waals surface area contributed by atoms with Crippen LogP contribution in [0.15, 0.2) is 23.2 Å². The highest BCUT2D eigenvalue weighted by molar-refractivity contribution is 5.96. The molecule has 0 saturated heterocycles. The average Bonchev–Trinajstić information content (AvgIpc) is 2.19. The van der Waals surface area contributed by atoms with Gasteiger partial charge in [0.1, 0.15) is 5.82 Å². The summed E-state index contributed by atoms with van der Waals surface area (Å²) in [6.07, 6.45) is 0. The SMILES string of the molecule is CC.CC1=NC(C)c2ccc(F)cc2N1. The summed E-state index contributed by atoms with van der Waals surface area (Å²) in [4.78, 5) is 4.34. The summed E-state index contributed by atoms with van der Waals surface area (Å²) in [5.41, 5.74) is 1.88. The molecule has 1 unspecified atom stereocenters. The van der Waals surface area contributed by atoms with Gasteiger partial charge < -0.3 is 5.32 Å². The molecule has 82 valence electrons. The summed E-state index contributed by atoms with van der Waals surface area (Å²) in [5.74, 6) is 0.624. The molecule has 1 atom stereocenters. The molecule has 0 aromatic heterocycles. The summed E-state index contributed by atoms with van der Waals surface area (Å²) in [6.45, 7) is 7.88. The van der Waals surface area contributed by atoms with Gasteiger partial charge in [-0.2, -0.15) is 0 Å². The van der Waals surface area contributed by atoms with E-state index in [-0.39, 0.29) is 11.9 Å². The molecule has 1 heterocycles. The molecule has 1 aromatic carbocycles. The van der Waals surface area contributed by atoms with Crippen LogP contribution in [0.5, 0.6) is 0 Å². The van der Waals surface area contributed by atoms with E-state index in [0.717, 1.165) is 17.1 Å².